The quantitative estimate of drug-likeness (QED) is 0.797. The zero-order chi connectivity index (χ0) is 13.9. The van der Waals surface area contributed by atoms with Crippen LogP contribution in [0.2, 0.25) is 0 Å². The van der Waals surface area contributed by atoms with Crippen molar-refractivity contribution in [3.05, 3.63) is 34.1 Å². The zero-order valence-electron chi connectivity index (χ0n) is 8.78. The first-order valence-electron chi connectivity index (χ1n) is 4.75. The van der Waals surface area contributed by atoms with Gasteiger partial charge < -0.3 is 5.11 Å². The van der Waals surface area contributed by atoms with E-state index < -0.39 is 21.1 Å². The Balaban J connectivity index is 0.000000357. The molecule has 18 heavy (non-hydrogen) atoms. The second kappa shape index (κ2) is 6.84. The van der Waals surface area contributed by atoms with Crippen LogP contribution in [0.5, 0.6) is 0 Å². The van der Waals surface area contributed by atoms with E-state index in [4.69, 9.17) is 9.32 Å². The lowest BCUT2D eigenvalue weighted by atomic mass is 10.1. The van der Waals surface area contributed by atoms with E-state index in [0.29, 0.717) is 16.5 Å². The maximum Gasteiger partial charge on any atom is 0.307 e. The first kappa shape index (κ1) is 15.9. The molecule has 0 aliphatic heterocycles. The molecule has 1 aliphatic carbocycles. The van der Waals surface area contributed by atoms with Crippen molar-refractivity contribution in [2.75, 3.05) is 0 Å². The Bertz CT molecular complexity index is 482. The number of aliphatic carboxylic acids is 1. The third-order valence-electron chi connectivity index (χ3n) is 2.47. The monoisotopic (exact) mass is 376 g/mol. The summed E-state index contributed by atoms with van der Waals surface area (Å²) in [5, 5.41) is 8.70. The van der Waals surface area contributed by atoms with Gasteiger partial charge in [0.25, 0.3) is 0 Å². The Morgan fingerprint density at radius 1 is 1.50 bits per heavy atom. The predicted molar refractivity (Wildman–Crippen MR) is 72.4 cm³/mol. The van der Waals surface area contributed by atoms with Gasteiger partial charge in [-0.2, -0.15) is 0 Å². The van der Waals surface area contributed by atoms with Gasteiger partial charge in [0.2, 0.25) is 9.23 Å². The van der Waals surface area contributed by atoms with Crippen molar-refractivity contribution in [3.8, 4) is 0 Å². The largest absolute Gasteiger partial charge is 0.481 e. The van der Waals surface area contributed by atoms with Crippen molar-refractivity contribution < 1.29 is 18.5 Å². The molecule has 3 nitrogen and oxygen atoms in total. The van der Waals surface area contributed by atoms with E-state index in [-0.39, 0.29) is 11.7 Å². The highest BCUT2D eigenvalue weighted by atomic mass is 79.9. The van der Waals surface area contributed by atoms with E-state index in [1.165, 1.54) is 6.07 Å². The van der Waals surface area contributed by atoms with Crippen molar-refractivity contribution >= 4 is 52.5 Å². The van der Waals surface area contributed by atoms with E-state index in [2.05, 4.69) is 37.3 Å². The van der Waals surface area contributed by atoms with Crippen molar-refractivity contribution in [3.63, 3.8) is 0 Å². The number of hydrogen-bond donors (Lipinski definition) is 1. The molecule has 2 rings (SSSR count). The first-order valence-corrected chi connectivity index (χ1v) is 8.34. The van der Waals surface area contributed by atoms with Gasteiger partial charge in [0, 0.05) is 31.8 Å². The number of rotatable bonds is 2. The molecule has 0 amide bonds. The van der Waals surface area contributed by atoms with Gasteiger partial charge in [0.15, 0.2) is 0 Å². The summed E-state index contributed by atoms with van der Waals surface area (Å²) in [6.45, 7) is 0. The Hall–Kier alpha value is -0.170. The molecular weight excluding hydrogens is 370 g/mol. The standard InChI is InChI=1S/C10H8BrFO2.Cl2OS/c11-5-1-2-6(9(12)3-5)7-4-8(7)10(13)14;1-4(2)3/h1-3,7-8H,4H2,(H,13,14);/t7-,8+;/m0./s1. The van der Waals surface area contributed by atoms with Gasteiger partial charge in [0.1, 0.15) is 5.82 Å². The van der Waals surface area contributed by atoms with E-state index >= 15 is 0 Å². The Kier molecular flexibility index (Phi) is 6.04. The molecule has 100 valence electrons. The third-order valence-corrected chi connectivity index (χ3v) is 2.96. The van der Waals surface area contributed by atoms with E-state index in [0.717, 1.165) is 0 Å². The minimum absolute atomic E-state index is 0.138. The van der Waals surface area contributed by atoms with Gasteiger partial charge in [-0.3, -0.25) is 4.79 Å². The van der Waals surface area contributed by atoms with Crippen LogP contribution in [0, 0.1) is 11.7 Å². The van der Waals surface area contributed by atoms with Gasteiger partial charge in [0.05, 0.1) is 5.92 Å². The fourth-order valence-electron chi connectivity index (χ4n) is 1.61. The molecule has 1 saturated carbocycles. The summed E-state index contributed by atoms with van der Waals surface area (Å²) in [4.78, 5) is 10.6. The second-order valence-corrected chi connectivity index (χ2v) is 7.08. The van der Waals surface area contributed by atoms with Gasteiger partial charge in [-0.05, 0) is 24.1 Å². The lowest BCUT2D eigenvalue weighted by Gasteiger charge is -2.01. The molecule has 0 bridgehead atoms. The molecule has 1 N–H and O–H groups in total. The molecule has 0 heterocycles. The molecular formula is C10H8BrCl2FO3S. The van der Waals surface area contributed by atoms with E-state index in [1.807, 2.05) is 0 Å². The summed E-state index contributed by atoms with van der Waals surface area (Å²) >= 11 is 3.15. The van der Waals surface area contributed by atoms with Crippen LogP contribution >= 0.6 is 37.3 Å². The SMILES string of the molecule is O=C(O)[C@@H]1C[C@H]1c1ccc(Br)cc1F.O=S(Cl)Cl. The highest BCUT2D eigenvalue weighted by Gasteiger charge is 2.45. The van der Waals surface area contributed by atoms with Crippen LogP contribution in [0.25, 0.3) is 0 Å². The minimum atomic E-state index is -1.67. The van der Waals surface area contributed by atoms with Crippen molar-refractivity contribution in [2.24, 2.45) is 5.92 Å². The number of halogens is 4. The maximum absolute atomic E-state index is 13.4. The van der Waals surface area contributed by atoms with Crippen LogP contribution in [-0.4, -0.2) is 15.3 Å². The predicted octanol–water partition coefficient (Wildman–Crippen LogP) is 3.82. The molecule has 0 spiro atoms. The molecule has 1 aliphatic rings. The number of carbonyl (C=O) groups is 1. The average molecular weight is 378 g/mol. The number of benzene rings is 1. The maximum atomic E-state index is 13.4. The lowest BCUT2D eigenvalue weighted by Crippen LogP contribution is -1.99. The van der Waals surface area contributed by atoms with Crippen molar-refractivity contribution in [1.29, 1.82) is 0 Å². The summed E-state index contributed by atoms with van der Waals surface area (Å²) in [7, 11) is 7.36. The van der Waals surface area contributed by atoms with Crippen LogP contribution in [0.15, 0.2) is 22.7 Å². The van der Waals surface area contributed by atoms with Crippen LogP contribution in [0.3, 0.4) is 0 Å². The summed E-state index contributed by atoms with van der Waals surface area (Å²) in [6, 6.07) is 4.75. The highest BCUT2D eigenvalue weighted by molar-refractivity contribution is 9.10. The molecule has 0 aromatic heterocycles. The zero-order valence-corrected chi connectivity index (χ0v) is 12.7. The minimum Gasteiger partial charge on any atom is -0.481 e. The summed E-state index contributed by atoms with van der Waals surface area (Å²) in [5.41, 5.74) is 0.514. The number of hydrogen-bond acceptors (Lipinski definition) is 2. The van der Waals surface area contributed by atoms with Gasteiger partial charge in [-0.25, -0.2) is 8.60 Å². The fraction of sp³-hybridized carbons (Fsp3) is 0.300. The van der Waals surface area contributed by atoms with E-state index in [9.17, 15) is 9.18 Å². The van der Waals surface area contributed by atoms with Crippen LogP contribution in [-0.2, 0) is 14.0 Å². The lowest BCUT2D eigenvalue weighted by molar-refractivity contribution is -0.138. The third kappa shape index (κ3) is 4.84. The smallest absolute Gasteiger partial charge is 0.307 e. The number of carboxylic acids is 1. The van der Waals surface area contributed by atoms with Crippen LogP contribution in [0.1, 0.15) is 17.9 Å². The summed E-state index contributed by atoms with van der Waals surface area (Å²) < 4.78 is 23.1. The normalized spacial score (nSPS) is 21.2. The first-order chi connectivity index (χ1) is 8.32. The van der Waals surface area contributed by atoms with Crippen molar-refractivity contribution in [1.82, 2.24) is 0 Å². The van der Waals surface area contributed by atoms with E-state index in [1.54, 1.807) is 12.1 Å². The van der Waals surface area contributed by atoms with Crippen molar-refractivity contribution in [2.45, 2.75) is 12.3 Å². The molecule has 1 aromatic rings. The average Bonchev–Trinajstić information content (AvgIpc) is 2.96. The molecule has 0 saturated heterocycles. The fourth-order valence-corrected chi connectivity index (χ4v) is 1.95. The number of carboxylic acid groups (broad SMARTS) is 1. The summed E-state index contributed by atoms with van der Waals surface area (Å²) in [5.74, 6) is -1.70. The van der Waals surface area contributed by atoms with Gasteiger partial charge in [-0.1, -0.05) is 22.0 Å². The Labute approximate surface area is 123 Å². The Morgan fingerprint density at radius 3 is 2.44 bits per heavy atom. The van der Waals surface area contributed by atoms with Gasteiger partial charge >= 0.3 is 5.97 Å². The highest BCUT2D eigenvalue weighted by Crippen LogP contribution is 2.48. The van der Waals surface area contributed by atoms with Crippen LogP contribution in [0.4, 0.5) is 4.39 Å². The second-order valence-electron chi connectivity index (χ2n) is 3.64. The molecule has 8 heteroatoms. The molecule has 0 radical (unpaired) electrons. The topological polar surface area (TPSA) is 54.4 Å². The Morgan fingerprint density at radius 2 is 2.06 bits per heavy atom. The van der Waals surface area contributed by atoms with Gasteiger partial charge in [-0.15, -0.1) is 0 Å². The van der Waals surface area contributed by atoms with Crippen LogP contribution < -0.4 is 0 Å². The molecule has 2 atom stereocenters. The summed E-state index contributed by atoms with van der Waals surface area (Å²) in [6.07, 6.45) is 0.549. The molecule has 0 unspecified atom stereocenters. The molecule has 1 fully saturated rings. The molecule has 1 aromatic carbocycles.